The van der Waals surface area contributed by atoms with Gasteiger partial charge in [0.15, 0.2) is 6.10 Å². The Balaban J connectivity index is 4.25. The Labute approximate surface area is 298 Å². The molecule has 5 nitrogen and oxygen atoms in total. The molecule has 0 aliphatic rings. The van der Waals surface area contributed by atoms with E-state index in [1.807, 2.05) is 0 Å². The molecule has 0 saturated heterocycles. The standard InChI is InChI=1S/C43H78O5/c1-4-7-10-13-16-19-21-22-24-25-27-30-33-36-42(44)47-40-41(39-46-38-35-32-29-18-15-12-9-6-3)48-43(45)37-34-31-28-26-23-20-17-14-11-8-5-2/h7,10,16,19,22,24,41H,4-6,8-9,11-15,17-18,20-21,23,25-40H2,1-3H3/b10-7-,19-16-,24-22-. The molecule has 0 spiro atoms. The van der Waals surface area contributed by atoms with E-state index in [1.54, 1.807) is 0 Å². The number of carbonyl (C=O) groups excluding carboxylic acids is 2. The molecule has 0 bridgehead atoms. The monoisotopic (exact) mass is 675 g/mol. The molecule has 1 atom stereocenters. The van der Waals surface area contributed by atoms with Gasteiger partial charge in [0.05, 0.1) is 6.61 Å². The van der Waals surface area contributed by atoms with Crippen molar-refractivity contribution in [2.75, 3.05) is 19.8 Å². The SMILES string of the molecule is CC/C=C\C/C=C\C/C=C\CCCCCC(=O)OCC(COCCCCCCCCCC)OC(=O)CCCCCCCCCCCCC. The Morgan fingerprint density at radius 2 is 0.938 bits per heavy atom. The number of carbonyl (C=O) groups is 2. The molecule has 5 heteroatoms. The summed E-state index contributed by atoms with van der Waals surface area (Å²) in [5, 5.41) is 0. The Hall–Kier alpha value is -1.88. The van der Waals surface area contributed by atoms with Crippen LogP contribution in [0.4, 0.5) is 0 Å². The fraction of sp³-hybridized carbons (Fsp3) is 0.814. The molecule has 48 heavy (non-hydrogen) atoms. The van der Waals surface area contributed by atoms with Gasteiger partial charge in [0.1, 0.15) is 6.61 Å². The maximum atomic E-state index is 12.6. The lowest BCUT2D eigenvalue weighted by molar-refractivity contribution is -0.163. The van der Waals surface area contributed by atoms with Gasteiger partial charge in [-0.05, 0) is 51.4 Å². The van der Waals surface area contributed by atoms with Gasteiger partial charge >= 0.3 is 11.9 Å². The van der Waals surface area contributed by atoms with E-state index in [-0.39, 0.29) is 25.2 Å². The smallest absolute Gasteiger partial charge is 0.306 e. The Bertz CT molecular complexity index is 771. The van der Waals surface area contributed by atoms with Crippen LogP contribution in [0.3, 0.4) is 0 Å². The zero-order valence-corrected chi connectivity index (χ0v) is 32.0. The molecule has 280 valence electrons. The van der Waals surface area contributed by atoms with Crippen molar-refractivity contribution in [3.63, 3.8) is 0 Å². The van der Waals surface area contributed by atoms with E-state index in [4.69, 9.17) is 14.2 Å². The van der Waals surface area contributed by atoms with Crippen molar-refractivity contribution in [3.05, 3.63) is 36.5 Å². The fourth-order valence-corrected chi connectivity index (χ4v) is 5.64. The van der Waals surface area contributed by atoms with Crippen molar-refractivity contribution < 1.29 is 23.8 Å². The molecule has 0 aromatic heterocycles. The van der Waals surface area contributed by atoms with E-state index in [0.29, 0.717) is 19.4 Å². The van der Waals surface area contributed by atoms with Gasteiger partial charge in [0.25, 0.3) is 0 Å². The molecular weight excluding hydrogens is 596 g/mol. The lowest BCUT2D eigenvalue weighted by Gasteiger charge is -2.18. The fourth-order valence-electron chi connectivity index (χ4n) is 5.64. The number of allylic oxidation sites excluding steroid dienone is 6. The summed E-state index contributed by atoms with van der Waals surface area (Å²) in [5.41, 5.74) is 0. The third-order valence-corrected chi connectivity index (χ3v) is 8.69. The largest absolute Gasteiger partial charge is 0.462 e. The molecule has 0 rings (SSSR count). The first-order chi connectivity index (χ1) is 23.6. The Kier molecular flexibility index (Phi) is 38.0. The quantitative estimate of drug-likeness (QED) is 0.0373. The zero-order chi connectivity index (χ0) is 35.0. The highest BCUT2D eigenvalue weighted by atomic mass is 16.6. The van der Waals surface area contributed by atoms with Crippen molar-refractivity contribution in [1.29, 1.82) is 0 Å². The molecule has 0 heterocycles. The Morgan fingerprint density at radius 3 is 1.50 bits per heavy atom. The van der Waals surface area contributed by atoms with Gasteiger partial charge in [-0.25, -0.2) is 0 Å². The van der Waals surface area contributed by atoms with Crippen LogP contribution in [0.1, 0.15) is 201 Å². The predicted octanol–water partition coefficient (Wildman–Crippen LogP) is 13.1. The summed E-state index contributed by atoms with van der Waals surface area (Å²) < 4.78 is 17.2. The van der Waals surface area contributed by atoms with Crippen molar-refractivity contribution in [2.24, 2.45) is 0 Å². The average Bonchev–Trinajstić information content (AvgIpc) is 3.08. The highest BCUT2D eigenvalue weighted by Crippen LogP contribution is 2.13. The van der Waals surface area contributed by atoms with Gasteiger partial charge in [0.2, 0.25) is 0 Å². The summed E-state index contributed by atoms with van der Waals surface area (Å²) in [6.07, 6.45) is 44.2. The highest BCUT2D eigenvalue weighted by Gasteiger charge is 2.17. The number of rotatable bonds is 37. The van der Waals surface area contributed by atoms with Crippen LogP contribution in [-0.4, -0.2) is 37.9 Å². The zero-order valence-electron chi connectivity index (χ0n) is 32.0. The minimum Gasteiger partial charge on any atom is -0.462 e. The van der Waals surface area contributed by atoms with Gasteiger partial charge in [-0.15, -0.1) is 0 Å². The van der Waals surface area contributed by atoms with Crippen molar-refractivity contribution in [2.45, 2.75) is 207 Å². The minimum atomic E-state index is -0.537. The van der Waals surface area contributed by atoms with Gasteiger partial charge in [0, 0.05) is 19.4 Å². The van der Waals surface area contributed by atoms with E-state index < -0.39 is 6.10 Å². The summed E-state index contributed by atoms with van der Waals surface area (Å²) in [4.78, 5) is 25.1. The third-order valence-electron chi connectivity index (χ3n) is 8.69. The molecule has 0 aromatic rings. The second kappa shape index (κ2) is 39.6. The number of hydrogen-bond acceptors (Lipinski definition) is 5. The van der Waals surface area contributed by atoms with E-state index in [2.05, 4.69) is 57.2 Å². The lowest BCUT2D eigenvalue weighted by Crippen LogP contribution is -2.30. The van der Waals surface area contributed by atoms with Crippen LogP contribution in [0.5, 0.6) is 0 Å². The van der Waals surface area contributed by atoms with Crippen LogP contribution >= 0.6 is 0 Å². The molecule has 0 fully saturated rings. The topological polar surface area (TPSA) is 61.8 Å². The highest BCUT2D eigenvalue weighted by molar-refractivity contribution is 5.70. The maximum Gasteiger partial charge on any atom is 0.306 e. The van der Waals surface area contributed by atoms with Crippen LogP contribution in [0.2, 0.25) is 0 Å². The van der Waals surface area contributed by atoms with Crippen LogP contribution in [0.15, 0.2) is 36.5 Å². The van der Waals surface area contributed by atoms with E-state index >= 15 is 0 Å². The molecule has 0 aromatic carbocycles. The second-order valence-electron chi connectivity index (χ2n) is 13.5. The molecule has 0 amide bonds. The van der Waals surface area contributed by atoms with E-state index in [0.717, 1.165) is 70.6 Å². The predicted molar refractivity (Wildman–Crippen MR) is 205 cm³/mol. The van der Waals surface area contributed by atoms with Gasteiger partial charge in [-0.1, -0.05) is 173 Å². The van der Waals surface area contributed by atoms with Crippen LogP contribution in [0.25, 0.3) is 0 Å². The first-order valence-corrected chi connectivity index (χ1v) is 20.5. The normalized spacial score (nSPS) is 12.5. The molecule has 0 saturated carbocycles. The molecule has 0 radical (unpaired) electrons. The molecular formula is C43H78O5. The van der Waals surface area contributed by atoms with Crippen LogP contribution in [0, 0.1) is 0 Å². The number of ether oxygens (including phenoxy) is 3. The summed E-state index contributed by atoms with van der Waals surface area (Å²) in [6, 6.07) is 0. The third kappa shape index (κ3) is 36.9. The van der Waals surface area contributed by atoms with Crippen LogP contribution in [-0.2, 0) is 23.8 Å². The van der Waals surface area contributed by atoms with Gasteiger partial charge in [-0.2, -0.15) is 0 Å². The lowest BCUT2D eigenvalue weighted by atomic mass is 10.1. The number of hydrogen-bond donors (Lipinski definition) is 0. The Morgan fingerprint density at radius 1 is 0.479 bits per heavy atom. The molecule has 1 unspecified atom stereocenters. The summed E-state index contributed by atoms with van der Waals surface area (Å²) in [7, 11) is 0. The molecule has 0 N–H and O–H groups in total. The van der Waals surface area contributed by atoms with Crippen molar-refractivity contribution >= 4 is 11.9 Å². The van der Waals surface area contributed by atoms with Crippen molar-refractivity contribution in [1.82, 2.24) is 0 Å². The number of unbranched alkanes of at least 4 members (excludes halogenated alkanes) is 20. The maximum absolute atomic E-state index is 12.6. The summed E-state index contributed by atoms with van der Waals surface area (Å²) >= 11 is 0. The van der Waals surface area contributed by atoms with E-state index in [9.17, 15) is 9.59 Å². The summed E-state index contributed by atoms with van der Waals surface area (Å²) in [5.74, 6) is -0.429. The first-order valence-electron chi connectivity index (χ1n) is 20.5. The van der Waals surface area contributed by atoms with Gasteiger partial charge < -0.3 is 14.2 Å². The van der Waals surface area contributed by atoms with E-state index in [1.165, 1.54) is 96.3 Å². The first kappa shape index (κ1) is 46.1. The minimum absolute atomic E-state index is 0.0742. The molecule has 0 aliphatic carbocycles. The van der Waals surface area contributed by atoms with Crippen LogP contribution < -0.4 is 0 Å². The second-order valence-corrected chi connectivity index (χ2v) is 13.5. The van der Waals surface area contributed by atoms with Crippen molar-refractivity contribution in [3.8, 4) is 0 Å². The average molecular weight is 675 g/mol. The molecule has 0 aliphatic heterocycles. The summed E-state index contributed by atoms with van der Waals surface area (Å²) in [6.45, 7) is 7.66. The van der Waals surface area contributed by atoms with Gasteiger partial charge in [-0.3, -0.25) is 9.59 Å². The number of esters is 2.